The highest BCUT2D eigenvalue weighted by Crippen LogP contribution is 2.47. The Bertz CT molecular complexity index is 1570. The summed E-state index contributed by atoms with van der Waals surface area (Å²) < 4.78 is 74.6. The number of hydrogen-bond donors (Lipinski definition) is 2. The molecule has 13 heteroatoms. The molecule has 0 aliphatic carbocycles. The van der Waals surface area contributed by atoms with Gasteiger partial charge in [0.05, 0.1) is 36.0 Å². The molecule has 3 aromatic rings. The van der Waals surface area contributed by atoms with Crippen LogP contribution in [0.3, 0.4) is 0 Å². The maximum Gasteiger partial charge on any atom is 0.413 e. The molecule has 9 nitrogen and oxygen atoms in total. The molecule has 0 bridgehead atoms. The van der Waals surface area contributed by atoms with Gasteiger partial charge in [0.15, 0.2) is 6.04 Å². The highest BCUT2D eigenvalue weighted by atomic mass is 32.2. The van der Waals surface area contributed by atoms with Gasteiger partial charge in [-0.15, -0.1) is 0 Å². The first kappa shape index (κ1) is 30.0. The van der Waals surface area contributed by atoms with Gasteiger partial charge in [0.1, 0.15) is 5.52 Å². The number of carbonyl (C=O) groups excluding carboxylic acids is 1. The molecular weight excluding hydrogens is 571 g/mol. The number of anilines is 2. The number of nitrogens with one attached hydrogen (secondary N) is 2. The second-order valence-electron chi connectivity index (χ2n) is 11.0. The quantitative estimate of drug-likeness (QED) is 0.332. The zero-order valence-corrected chi connectivity index (χ0v) is 24.5. The largest absolute Gasteiger partial charge is 0.481 e. The summed E-state index contributed by atoms with van der Waals surface area (Å²) in [5.41, 5.74) is 1.99. The molecule has 0 saturated carbocycles. The van der Waals surface area contributed by atoms with E-state index in [9.17, 15) is 22.2 Å². The summed E-state index contributed by atoms with van der Waals surface area (Å²) >= 11 is 0. The maximum absolute atomic E-state index is 14.6. The van der Waals surface area contributed by atoms with Crippen LogP contribution in [0.15, 0.2) is 42.6 Å². The van der Waals surface area contributed by atoms with Crippen molar-refractivity contribution in [3.63, 3.8) is 0 Å². The van der Waals surface area contributed by atoms with Crippen LogP contribution >= 0.6 is 0 Å². The highest BCUT2D eigenvalue weighted by Gasteiger charge is 2.53. The summed E-state index contributed by atoms with van der Waals surface area (Å²) in [7, 11) is 0.303. The fourth-order valence-corrected chi connectivity index (χ4v) is 7.66. The number of ether oxygens (including phenoxy) is 2. The molecule has 2 N–H and O–H groups in total. The number of nitrogens with zero attached hydrogens (tertiary/aromatic N) is 3. The number of benzene rings is 1. The van der Waals surface area contributed by atoms with E-state index in [1.807, 2.05) is 6.92 Å². The van der Waals surface area contributed by atoms with Crippen LogP contribution in [-0.2, 0) is 19.3 Å². The second-order valence-corrected chi connectivity index (χ2v) is 13.4. The number of amides is 1. The fraction of sp³-hybridized carbons (Fsp3) is 0.483. The average Bonchev–Trinajstić information content (AvgIpc) is 2.96. The Hall–Kier alpha value is -3.45. The third-order valence-corrected chi connectivity index (χ3v) is 10.1. The summed E-state index contributed by atoms with van der Waals surface area (Å²) in [6, 6.07) is 7.21. The molecule has 1 aromatic carbocycles. The number of likely N-dealkylation sites (tertiary alicyclic amines) is 1. The van der Waals surface area contributed by atoms with Gasteiger partial charge in [-0.25, -0.2) is 9.19 Å². The van der Waals surface area contributed by atoms with E-state index in [1.54, 1.807) is 37.6 Å². The maximum atomic E-state index is 14.6. The molecule has 2 aliphatic rings. The molecule has 2 fully saturated rings. The summed E-state index contributed by atoms with van der Waals surface area (Å²) in [6.45, 7) is 1.84. The standard InChI is InChI=1S/C29H34F3N5O4S/c1-18(40-2)24-22(17-34-21-9-10-23(41-3)36-25(21)24)35-20-7-5-19(6-8-20)26(29(30,31)32)37-14-4-11-28(27(37)38)12-15-42(33,39)16-13-28/h5-10,17-18,26,33,35H,4,11-16H2,1-3H3/t18?,26-,28?,42?/m0/s1. The smallest absolute Gasteiger partial charge is 0.413 e. The number of piperidine rings is 1. The molecule has 0 radical (unpaired) electrons. The Kier molecular flexibility index (Phi) is 8.10. The van der Waals surface area contributed by atoms with Gasteiger partial charge >= 0.3 is 6.18 Å². The van der Waals surface area contributed by atoms with Crippen LogP contribution in [0, 0.1) is 10.2 Å². The second kappa shape index (κ2) is 11.3. The first-order valence-corrected chi connectivity index (χ1v) is 15.6. The molecule has 1 spiro atoms. The van der Waals surface area contributed by atoms with E-state index in [0.717, 1.165) is 4.90 Å². The lowest BCUT2D eigenvalue weighted by Crippen LogP contribution is -2.55. The number of methoxy groups -OCH3 is 2. The van der Waals surface area contributed by atoms with Crippen LogP contribution in [-0.4, -0.2) is 63.4 Å². The van der Waals surface area contributed by atoms with Crippen molar-refractivity contribution < 1.29 is 31.6 Å². The Morgan fingerprint density at radius 1 is 1.10 bits per heavy atom. The number of aromatic nitrogens is 2. The van der Waals surface area contributed by atoms with Gasteiger partial charge in [-0.1, -0.05) is 12.1 Å². The van der Waals surface area contributed by atoms with E-state index in [0.29, 0.717) is 46.7 Å². The van der Waals surface area contributed by atoms with E-state index >= 15 is 0 Å². The van der Waals surface area contributed by atoms with Crippen molar-refractivity contribution in [2.45, 2.75) is 50.9 Å². The van der Waals surface area contributed by atoms with Crippen molar-refractivity contribution in [2.24, 2.45) is 5.41 Å². The number of carbonyl (C=O) groups is 1. The predicted molar refractivity (Wildman–Crippen MR) is 153 cm³/mol. The SMILES string of the molecule is COc1ccc2ncc(Nc3ccc([C@H](N4CCCC5(CCS(=N)(=O)CC5)C4=O)C(F)(F)F)cc3)c(C(C)OC)c2n1. The lowest BCUT2D eigenvalue weighted by Gasteiger charge is -2.47. The van der Waals surface area contributed by atoms with Crippen LogP contribution in [0.5, 0.6) is 5.88 Å². The predicted octanol–water partition coefficient (Wildman–Crippen LogP) is 6.14. The van der Waals surface area contributed by atoms with Crippen molar-refractivity contribution in [1.82, 2.24) is 14.9 Å². The Morgan fingerprint density at radius 2 is 1.79 bits per heavy atom. The van der Waals surface area contributed by atoms with Crippen LogP contribution in [0.2, 0.25) is 0 Å². The van der Waals surface area contributed by atoms with Gasteiger partial charge in [-0.3, -0.25) is 14.6 Å². The zero-order chi connectivity index (χ0) is 30.3. The lowest BCUT2D eigenvalue weighted by molar-refractivity contribution is -0.200. The molecule has 2 aromatic heterocycles. The molecular formula is C29H34F3N5O4S. The van der Waals surface area contributed by atoms with Crippen molar-refractivity contribution in [2.75, 3.05) is 37.6 Å². The van der Waals surface area contributed by atoms with Crippen LogP contribution in [0.4, 0.5) is 24.5 Å². The van der Waals surface area contributed by atoms with Gasteiger partial charge in [-0.05, 0) is 56.4 Å². The van der Waals surface area contributed by atoms with E-state index < -0.39 is 33.3 Å². The Balaban J connectivity index is 1.44. The average molecular weight is 606 g/mol. The minimum atomic E-state index is -4.70. The molecule has 226 valence electrons. The number of alkyl halides is 3. The lowest BCUT2D eigenvalue weighted by atomic mass is 9.73. The van der Waals surface area contributed by atoms with Crippen LogP contribution in [0.1, 0.15) is 55.9 Å². The number of halogens is 3. The fourth-order valence-electron chi connectivity index (χ4n) is 6.02. The third kappa shape index (κ3) is 5.76. The Labute approximate surface area is 242 Å². The van der Waals surface area contributed by atoms with Crippen molar-refractivity contribution >= 4 is 38.0 Å². The number of hydrogen-bond acceptors (Lipinski definition) is 8. The van der Waals surface area contributed by atoms with Crippen LogP contribution in [0.25, 0.3) is 11.0 Å². The van der Waals surface area contributed by atoms with E-state index in [-0.39, 0.29) is 42.6 Å². The zero-order valence-electron chi connectivity index (χ0n) is 23.7. The summed E-state index contributed by atoms with van der Waals surface area (Å²) in [5, 5.41) is 3.23. The summed E-state index contributed by atoms with van der Waals surface area (Å²) in [6.07, 6.45) is -2.22. The number of fused-ring (bicyclic) bond motifs is 1. The first-order chi connectivity index (χ1) is 19.9. The third-order valence-electron chi connectivity index (χ3n) is 8.41. The molecule has 4 heterocycles. The monoisotopic (exact) mass is 605 g/mol. The van der Waals surface area contributed by atoms with Gasteiger partial charge in [0.2, 0.25) is 11.8 Å². The molecule has 2 atom stereocenters. The summed E-state index contributed by atoms with van der Waals surface area (Å²) in [5.74, 6) is -0.0704. The van der Waals surface area contributed by atoms with Crippen molar-refractivity contribution in [3.8, 4) is 5.88 Å². The van der Waals surface area contributed by atoms with E-state index in [2.05, 4.69) is 15.3 Å². The van der Waals surface area contributed by atoms with Crippen molar-refractivity contribution in [3.05, 3.63) is 53.7 Å². The van der Waals surface area contributed by atoms with Crippen molar-refractivity contribution in [1.29, 1.82) is 4.78 Å². The normalized spacial score (nSPS) is 24.5. The van der Waals surface area contributed by atoms with E-state index in [4.69, 9.17) is 14.3 Å². The molecule has 1 amide bonds. The van der Waals surface area contributed by atoms with E-state index in [1.165, 1.54) is 19.2 Å². The molecule has 2 aliphatic heterocycles. The number of rotatable bonds is 7. The van der Waals surface area contributed by atoms with Gasteiger partial charge in [-0.2, -0.15) is 13.2 Å². The number of pyridine rings is 2. The summed E-state index contributed by atoms with van der Waals surface area (Å²) in [4.78, 5) is 23.5. The van der Waals surface area contributed by atoms with Gasteiger partial charge in [0, 0.05) is 52.2 Å². The van der Waals surface area contributed by atoms with Crippen LogP contribution < -0.4 is 10.1 Å². The molecule has 1 unspecified atom stereocenters. The van der Waals surface area contributed by atoms with Gasteiger partial charge < -0.3 is 19.7 Å². The molecule has 5 rings (SSSR count). The first-order valence-electron chi connectivity index (χ1n) is 13.7. The minimum absolute atomic E-state index is 0.0154. The topological polar surface area (TPSA) is 118 Å². The molecule has 42 heavy (non-hydrogen) atoms. The minimum Gasteiger partial charge on any atom is -0.481 e. The Morgan fingerprint density at radius 3 is 2.40 bits per heavy atom. The van der Waals surface area contributed by atoms with Gasteiger partial charge in [0.25, 0.3) is 0 Å². The highest BCUT2D eigenvalue weighted by molar-refractivity contribution is 7.92. The molecule has 2 saturated heterocycles.